The standard InChI is InChI=1S/C14H17F2N3O/c1-10(17-9-12-7-8-18-19(12)2)11-3-5-13(6-4-11)20-14(15)16/h3-8,10,14,17H,9H2,1-2H3. The number of ether oxygens (including phenoxy) is 1. The van der Waals surface area contributed by atoms with E-state index in [0.29, 0.717) is 6.54 Å². The van der Waals surface area contributed by atoms with Crippen LogP contribution in [-0.4, -0.2) is 16.4 Å². The monoisotopic (exact) mass is 281 g/mol. The third-order valence-corrected chi connectivity index (χ3v) is 3.12. The lowest BCUT2D eigenvalue weighted by Crippen LogP contribution is -2.19. The summed E-state index contributed by atoms with van der Waals surface area (Å²) in [5.74, 6) is 0.169. The molecule has 4 nitrogen and oxygen atoms in total. The van der Waals surface area contributed by atoms with Gasteiger partial charge in [-0.05, 0) is 30.7 Å². The van der Waals surface area contributed by atoms with E-state index in [4.69, 9.17) is 0 Å². The lowest BCUT2D eigenvalue weighted by molar-refractivity contribution is -0.0498. The van der Waals surface area contributed by atoms with Crippen molar-refractivity contribution in [2.24, 2.45) is 7.05 Å². The number of alkyl halides is 2. The zero-order chi connectivity index (χ0) is 14.5. The Hall–Kier alpha value is -1.95. The van der Waals surface area contributed by atoms with Crippen LogP contribution in [0, 0.1) is 0 Å². The van der Waals surface area contributed by atoms with Crippen molar-refractivity contribution in [3.8, 4) is 5.75 Å². The molecular weight excluding hydrogens is 264 g/mol. The first-order valence-corrected chi connectivity index (χ1v) is 6.31. The highest BCUT2D eigenvalue weighted by atomic mass is 19.3. The average Bonchev–Trinajstić information content (AvgIpc) is 2.82. The maximum absolute atomic E-state index is 12.1. The van der Waals surface area contributed by atoms with Gasteiger partial charge in [0.25, 0.3) is 0 Å². The molecule has 1 heterocycles. The summed E-state index contributed by atoms with van der Waals surface area (Å²) in [6.45, 7) is -0.0898. The van der Waals surface area contributed by atoms with E-state index in [2.05, 4.69) is 15.2 Å². The van der Waals surface area contributed by atoms with E-state index >= 15 is 0 Å². The van der Waals surface area contributed by atoms with Crippen LogP contribution in [0.4, 0.5) is 8.78 Å². The van der Waals surface area contributed by atoms with Crippen LogP contribution in [0.1, 0.15) is 24.2 Å². The van der Waals surface area contributed by atoms with Gasteiger partial charge < -0.3 is 10.1 Å². The lowest BCUT2D eigenvalue weighted by Gasteiger charge is -2.15. The summed E-state index contributed by atoms with van der Waals surface area (Å²) in [5, 5.41) is 7.45. The molecule has 108 valence electrons. The Morgan fingerprint density at radius 2 is 1.95 bits per heavy atom. The van der Waals surface area contributed by atoms with Crippen LogP contribution in [0.5, 0.6) is 5.75 Å². The fraction of sp³-hybridized carbons (Fsp3) is 0.357. The second-order valence-corrected chi connectivity index (χ2v) is 4.50. The van der Waals surface area contributed by atoms with Crippen LogP contribution in [-0.2, 0) is 13.6 Å². The summed E-state index contributed by atoms with van der Waals surface area (Å²) >= 11 is 0. The van der Waals surface area contributed by atoms with Crippen LogP contribution >= 0.6 is 0 Å². The first-order valence-electron chi connectivity index (χ1n) is 6.31. The van der Waals surface area contributed by atoms with Gasteiger partial charge in [0.15, 0.2) is 0 Å². The molecule has 1 unspecified atom stereocenters. The molecule has 0 aliphatic carbocycles. The second kappa shape index (κ2) is 6.47. The molecule has 0 saturated heterocycles. The molecule has 0 radical (unpaired) electrons. The second-order valence-electron chi connectivity index (χ2n) is 4.50. The summed E-state index contributed by atoms with van der Waals surface area (Å²) in [5.41, 5.74) is 2.09. The number of benzene rings is 1. The van der Waals surface area contributed by atoms with E-state index in [9.17, 15) is 8.78 Å². The Bertz CT molecular complexity index is 540. The first kappa shape index (κ1) is 14.5. The molecule has 0 saturated carbocycles. The van der Waals surface area contributed by atoms with Crippen LogP contribution < -0.4 is 10.1 Å². The minimum absolute atomic E-state index is 0.102. The van der Waals surface area contributed by atoms with Gasteiger partial charge in [-0.2, -0.15) is 13.9 Å². The van der Waals surface area contributed by atoms with E-state index < -0.39 is 6.61 Å². The van der Waals surface area contributed by atoms with Crippen molar-refractivity contribution in [3.05, 3.63) is 47.8 Å². The van der Waals surface area contributed by atoms with Crippen LogP contribution in [0.3, 0.4) is 0 Å². The Kier molecular flexibility index (Phi) is 4.68. The van der Waals surface area contributed by atoms with Crippen molar-refractivity contribution in [2.45, 2.75) is 26.1 Å². The SMILES string of the molecule is CC(NCc1ccnn1C)c1ccc(OC(F)F)cc1. The number of hydrogen-bond acceptors (Lipinski definition) is 3. The molecule has 1 atom stereocenters. The number of nitrogens with one attached hydrogen (secondary N) is 1. The number of nitrogens with zero attached hydrogens (tertiary/aromatic N) is 2. The van der Waals surface area contributed by atoms with Gasteiger partial charge in [-0.25, -0.2) is 0 Å². The van der Waals surface area contributed by atoms with Gasteiger partial charge in [0.1, 0.15) is 5.75 Å². The van der Waals surface area contributed by atoms with Crippen LogP contribution in [0.2, 0.25) is 0 Å². The van der Waals surface area contributed by atoms with Crippen molar-refractivity contribution in [1.29, 1.82) is 0 Å². The predicted octanol–water partition coefficient (Wildman–Crippen LogP) is 2.87. The molecule has 0 amide bonds. The van der Waals surface area contributed by atoms with Crippen molar-refractivity contribution < 1.29 is 13.5 Å². The number of hydrogen-bond donors (Lipinski definition) is 1. The molecule has 1 aromatic heterocycles. The summed E-state index contributed by atoms with van der Waals surface area (Å²) in [7, 11) is 1.89. The summed E-state index contributed by atoms with van der Waals surface area (Å²) in [6, 6.07) is 8.69. The maximum atomic E-state index is 12.1. The fourth-order valence-corrected chi connectivity index (χ4v) is 1.89. The molecule has 0 aliphatic heterocycles. The molecular formula is C14H17F2N3O. The number of aryl methyl sites for hydroxylation is 1. The third kappa shape index (κ3) is 3.77. The van der Waals surface area contributed by atoms with Crippen molar-refractivity contribution in [1.82, 2.24) is 15.1 Å². The molecule has 0 fully saturated rings. The molecule has 0 spiro atoms. The molecule has 1 N–H and O–H groups in total. The normalized spacial score (nSPS) is 12.7. The highest BCUT2D eigenvalue weighted by molar-refractivity contribution is 5.29. The van der Waals surface area contributed by atoms with Gasteiger partial charge in [-0.15, -0.1) is 0 Å². The Morgan fingerprint density at radius 3 is 2.50 bits per heavy atom. The van der Waals surface area contributed by atoms with Gasteiger partial charge in [0, 0.05) is 25.8 Å². The predicted molar refractivity (Wildman–Crippen MR) is 71.5 cm³/mol. The summed E-state index contributed by atoms with van der Waals surface area (Å²) in [6.07, 6.45) is 1.75. The smallest absolute Gasteiger partial charge is 0.387 e. The van der Waals surface area contributed by atoms with Gasteiger partial charge in [-0.1, -0.05) is 12.1 Å². The number of rotatable bonds is 6. The van der Waals surface area contributed by atoms with Gasteiger partial charge in [0.05, 0.1) is 5.69 Å². The summed E-state index contributed by atoms with van der Waals surface area (Å²) < 4.78 is 30.2. The minimum Gasteiger partial charge on any atom is -0.435 e. The van der Waals surface area contributed by atoms with Crippen molar-refractivity contribution in [2.75, 3.05) is 0 Å². The zero-order valence-corrected chi connectivity index (χ0v) is 11.4. The van der Waals surface area contributed by atoms with E-state index in [-0.39, 0.29) is 11.8 Å². The molecule has 0 aliphatic rings. The Morgan fingerprint density at radius 1 is 1.25 bits per heavy atom. The Labute approximate surface area is 116 Å². The minimum atomic E-state index is -2.79. The van der Waals surface area contributed by atoms with Gasteiger partial charge >= 0.3 is 6.61 Å². The zero-order valence-electron chi connectivity index (χ0n) is 11.4. The number of aromatic nitrogens is 2. The van der Waals surface area contributed by atoms with E-state index in [0.717, 1.165) is 11.3 Å². The number of halogens is 2. The molecule has 2 aromatic rings. The molecule has 20 heavy (non-hydrogen) atoms. The van der Waals surface area contributed by atoms with Crippen LogP contribution in [0.15, 0.2) is 36.5 Å². The third-order valence-electron chi connectivity index (χ3n) is 3.12. The maximum Gasteiger partial charge on any atom is 0.387 e. The lowest BCUT2D eigenvalue weighted by atomic mass is 10.1. The van der Waals surface area contributed by atoms with E-state index in [1.54, 1.807) is 35.1 Å². The first-order chi connectivity index (χ1) is 9.56. The van der Waals surface area contributed by atoms with E-state index in [1.165, 1.54) is 0 Å². The van der Waals surface area contributed by atoms with Gasteiger partial charge in [-0.3, -0.25) is 4.68 Å². The highest BCUT2D eigenvalue weighted by Crippen LogP contribution is 2.19. The largest absolute Gasteiger partial charge is 0.435 e. The van der Waals surface area contributed by atoms with Crippen molar-refractivity contribution in [3.63, 3.8) is 0 Å². The van der Waals surface area contributed by atoms with Gasteiger partial charge in [0.2, 0.25) is 0 Å². The fourth-order valence-electron chi connectivity index (χ4n) is 1.89. The average molecular weight is 281 g/mol. The highest BCUT2D eigenvalue weighted by Gasteiger charge is 2.08. The van der Waals surface area contributed by atoms with Crippen molar-refractivity contribution >= 4 is 0 Å². The van der Waals surface area contributed by atoms with E-state index in [1.807, 2.05) is 20.0 Å². The topological polar surface area (TPSA) is 39.1 Å². The molecule has 6 heteroatoms. The Balaban J connectivity index is 1.92. The molecule has 1 aromatic carbocycles. The quantitative estimate of drug-likeness (QED) is 0.885. The molecule has 2 rings (SSSR count). The summed E-state index contributed by atoms with van der Waals surface area (Å²) in [4.78, 5) is 0. The molecule has 0 bridgehead atoms. The van der Waals surface area contributed by atoms with Crippen LogP contribution in [0.25, 0.3) is 0 Å².